The zero-order valence-corrected chi connectivity index (χ0v) is 20.0. The summed E-state index contributed by atoms with van der Waals surface area (Å²) >= 11 is 0. The topological polar surface area (TPSA) is 226 Å². The molecule has 1 saturated heterocycles. The predicted octanol–water partition coefficient (Wildman–Crippen LogP) is -2.35. The minimum atomic E-state index is -1.23. The highest BCUT2D eigenvalue weighted by atomic mass is 16.4. The summed E-state index contributed by atoms with van der Waals surface area (Å²) in [6, 6.07) is 4.63. The van der Waals surface area contributed by atoms with Crippen LogP contribution in [0, 0.1) is 0 Å². The summed E-state index contributed by atoms with van der Waals surface area (Å²) in [7, 11) is 0. The van der Waals surface area contributed by atoms with Gasteiger partial charge in [-0.15, -0.1) is 0 Å². The first-order valence-corrected chi connectivity index (χ1v) is 11.7. The van der Waals surface area contributed by atoms with Gasteiger partial charge in [0.1, 0.15) is 24.2 Å². The van der Waals surface area contributed by atoms with E-state index in [9.17, 15) is 29.4 Å². The number of nitrogens with one attached hydrogen (secondary N) is 2. The van der Waals surface area contributed by atoms with Crippen molar-refractivity contribution < 1.29 is 29.4 Å². The Kier molecular flexibility index (Phi) is 11.1. The van der Waals surface area contributed by atoms with Crippen LogP contribution in [-0.4, -0.2) is 88.6 Å². The van der Waals surface area contributed by atoms with Crippen molar-refractivity contribution in [2.45, 2.75) is 56.3 Å². The van der Waals surface area contributed by atoms with Crippen LogP contribution in [0.2, 0.25) is 0 Å². The second kappa shape index (κ2) is 14.0. The van der Waals surface area contributed by atoms with Crippen LogP contribution in [0.3, 0.4) is 0 Å². The third kappa shape index (κ3) is 8.50. The number of aliphatic carboxylic acids is 1. The Balaban J connectivity index is 2.15. The van der Waals surface area contributed by atoms with Gasteiger partial charge in [-0.25, -0.2) is 4.79 Å². The minimum Gasteiger partial charge on any atom is -0.480 e. The first kappa shape index (κ1) is 28.5. The number of benzene rings is 1. The van der Waals surface area contributed by atoms with Gasteiger partial charge in [0.2, 0.25) is 17.7 Å². The summed E-state index contributed by atoms with van der Waals surface area (Å²) in [5.41, 5.74) is 16.9. The number of aliphatic imine (C=N–C) groups is 1. The number of nitrogens with zero attached hydrogens (tertiary/aromatic N) is 2. The largest absolute Gasteiger partial charge is 0.480 e. The molecule has 0 aliphatic carbocycles. The molecule has 1 aromatic rings. The normalized spacial score (nSPS) is 17.5. The Labute approximate surface area is 209 Å². The smallest absolute Gasteiger partial charge is 0.326 e. The van der Waals surface area contributed by atoms with E-state index in [1.807, 2.05) is 0 Å². The molecule has 198 valence electrons. The number of nitrogens with two attached hydrogens (primary N) is 3. The van der Waals surface area contributed by atoms with E-state index in [0.29, 0.717) is 25.8 Å². The third-order valence-electron chi connectivity index (χ3n) is 5.83. The van der Waals surface area contributed by atoms with Crippen LogP contribution >= 0.6 is 0 Å². The Morgan fingerprint density at radius 2 is 1.81 bits per heavy atom. The first-order valence-electron chi connectivity index (χ1n) is 11.7. The molecule has 0 bridgehead atoms. The summed E-state index contributed by atoms with van der Waals surface area (Å²) in [6.07, 6.45) is 1.44. The lowest BCUT2D eigenvalue weighted by Crippen LogP contribution is -2.57. The second-order valence-corrected chi connectivity index (χ2v) is 8.58. The van der Waals surface area contributed by atoms with Gasteiger partial charge in [0.25, 0.3) is 0 Å². The van der Waals surface area contributed by atoms with Crippen molar-refractivity contribution in [3.8, 4) is 0 Å². The molecule has 0 spiro atoms. The number of carboxylic acids is 1. The lowest BCUT2D eigenvalue weighted by atomic mass is 10.0. The summed E-state index contributed by atoms with van der Waals surface area (Å²) in [5.74, 6) is -3.13. The molecule has 4 atom stereocenters. The number of carboxylic acid groups (broad SMARTS) is 1. The maximum atomic E-state index is 13.1. The van der Waals surface area contributed by atoms with Crippen LogP contribution in [0.25, 0.3) is 0 Å². The highest BCUT2D eigenvalue weighted by molar-refractivity contribution is 5.94. The fraction of sp³-hybridized carbons (Fsp3) is 0.522. The van der Waals surface area contributed by atoms with Crippen molar-refractivity contribution in [3.05, 3.63) is 35.9 Å². The van der Waals surface area contributed by atoms with Crippen LogP contribution < -0.4 is 27.8 Å². The van der Waals surface area contributed by atoms with Gasteiger partial charge in [-0.1, -0.05) is 30.3 Å². The number of likely N-dealkylation sites (tertiary alicyclic amines) is 1. The molecular formula is C23H35N7O6. The van der Waals surface area contributed by atoms with Crippen LogP contribution in [0.4, 0.5) is 0 Å². The van der Waals surface area contributed by atoms with Crippen LogP contribution in [-0.2, 0) is 25.6 Å². The third-order valence-corrected chi connectivity index (χ3v) is 5.83. The molecule has 10 N–H and O–H groups in total. The van der Waals surface area contributed by atoms with Crippen molar-refractivity contribution in [3.63, 3.8) is 0 Å². The van der Waals surface area contributed by atoms with Crippen molar-refractivity contribution in [2.24, 2.45) is 22.2 Å². The van der Waals surface area contributed by atoms with Gasteiger partial charge in [0.05, 0.1) is 6.61 Å². The Hall–Kier alpha value is -3.71. The SMILES string of the molecule is NC(N)=NCCC[C@H](NC(=O)[C@H](Cc1ccccc1)NC(=O)[C@@H]1CCCN1C(=O)[C@@H](N)CO)C(=O)O. The van der Waals surface area contributed by atoms with Gasteiger partial charge in [-0.05, 0) is 31.2 Å². The lowest BCUT2D eigenvalue weighted by Gasteiger charge is -2.28. The number of carbonyl (C=O) groups is 4. The Morgan fingerprint density at radius 1 is 1.11 bits per heavy atom. The zero-order chi connectivity index (χ0) is 26.7. The van der Waals surface area contributed by atoms with Gasteiger partial charge < -0.3 is 42.9 Å². The van der Waals surface area contributed by atoms with Crippen molar-refractivity contribution in [1.82, 2.24) is 15.5 Å². The molecule has 0 radical (unpaired) electrons. The molecule has 1 fully saturated rings. The Bertz CT molecular complexity index is 938. The molecule has 1 aliphatic rings. The number of aliphatic hydroxyl groups is 1. The number of carbonyl (C=O) groups excluding carboxylic acids is 3. The van der Waals surface area contributed by atoms with E-state index in [4.69, 9.17) is 17.2 Å². The monoisotopic (exact) mass is 505 g/mol. The van der Waals surface area contributed by atoms with E-state index in [0.717, 1.165) is 5.56 Å². The summed E-state index contributed by atoms with van der Waals surface area (Å²) in [5, 5.41) is 23.9. The average molecular weight is 506 g/mol. The Morgan fingerprint density at radius 3 is 2.42 bits per heavy atom. The van der Waals surface area contributed by atoms with E-state index < -0.39 is 54.5 Å². The van der Waals surface area contributed by atoms with E-state index in [-0.39, 0.29) is 25.3 Å². The zero-order valence-electron chi connectivity index (χ0n) is 20.0. The molecule has 1 aliphatic heterocycles. The number of hydrogen-bond donors (Lipinski definition) is 7. The molecule has 1 heterocycles. The molecule has 0 aromatic heterocycles. The predicted molar refractivity (Wildman–Crippen MR) is 131 cm³/mol. The molecular weight excluding hydrogens is 470 g/mol. The number of rotatable bonds is 13. The molecule has 13 nitrogen and oxygen atoms in total. The van der Waals surface area contributed by atoms with E-state index in [1.165, 1.54) is 4.90 Å². The molecule has 0 unspecified atom stereocenters. The highest BCUT2D eigenvalue weighted by Crippen LogP contribution is 2.19. The summed E-state index contributed by atoms with van der Waals surface area (Å²) in [6.45, 7) is -0.0484. The van der Waals surface area contributed by atoms with Crippen molar-refractivity contribution in [1.29, 1.82) is 0 Å². The summed E-state index contributed by atoms with van der Waals surface area (Å²) < 4.78 is 0. The number of hydrogen-bond acceptors (Lipinski definition) is 7. The number of guanidine groups is 1. The van der Waals surface area contributed by atoms with Gasteiger partial charge in [0.15, 0.2) is 5.96 Å². The molecule has 1 aromatic carbocycles. The van der Waals surface area contributed by atoms with E-state index in [2.05, 4.69) is 15.6 Å². The van der Waals surface area contributed by atoms with Gasteiger partial charge in [-0.2, -0.15) is 0 Å². The maximum Gasteiger partial charge on any atom is 0.326 e. The maximum absolute atomic E-state index is 13.1. The van der Waals surface area contributed by atoms with Crippen LogP contribution in [0.1, 0.15) is 31.2 Å². The van der Waals surface area contributed by atoms with Crippen molar-refractivity contribution >= 4 is 29.7 Å². The number of amides is 3. The van der Waals surface area contributed by atoms with Gasteiger partial charge in [-0.3, -0.25) is 19.4 Å². The standard InChI is InChI=1S/C23H35N7O6/c24-15(13-31)21(34)30-11-5-9-18(30)20(33)29-17(12-14-6-2-1-3-7-14)19(32)28-16(22(35)36)8-4-10-27-23(25)26/h1-3,6-7,15-18,31H,4-5,8-13,24H2,(H,28,32)(H,29,33)(H,35,36)(H4,25,26,27)/t15-,16-,17-,18-/m0/s1. The minimum absolute atomic E-state index is 0.0772. The summed E-state index contributed by atoms with van der Waals surface area (Å²) in [4.78, 5) is 55.6. The fourth-order valence-corrected chi connectivity index (χ4v) is 3.95. The highest BCUT2D eigenvalue weighted by Gasteiger charge is 2.37. The fourth-order valence-electron chi connectivity index (χ4n) is 3.95. The molecule has 2 rings (SSSR count). The lowest BCUT2D eigenvalue weighted by molar-refractivity contribution is -0.143. The van der Waals surface area contributed by atoms with Crippen LogP contribution in [0.15, 0.2) is 35.3 Å². The van der Waals surface area contributed by atoms with Crippen LogP contribution in [0.5, 0.6) is 0 Å². The van der Waals surface area contributed by atoms with Gasteiger partial charge in [0, 0.05) is 19.5 Å². The van der Waals surface area contributed by atoms with E-state index >= 15 is 0 Å². The molecule has 3 amide bonds. The molecule has 0 saturated carbocycles. The van der Waals surface area contributed by atoms with Crippen molar-refractivity contribution in [2.75, 3.05) is 19.7 Å². The second-order valence-electron chi connectivity index (χ2n) is 8.58. The van der Waals surface area contributed by atoms with E-state index in [1.54, 1.807) is 30.3 Å². The van der Waals surface area contributed by atoms with Gasteiger partial charge >= 0.3 is 5.97 Å². The number of aliphatic hydroxyl groups excluding tert-OH is 1. The quantitative estimate of drug-likeness (QED) is 0.0863. The molecule has 13 heteroatoms. The average Bonchev–Trinajstić information content (AvgIpc) is 3.34. The first-order chi connectivity index (χ1) is 17.1. The molecule has 36 heavy (non-hydrogen) atoms.